The Bertz CT molecular complexity index is 297. The molecular weight excluding hydrogens is 237 g/mol. The smallest absolute Gasteiger partial charge is 0.0548 e. The van der Waals surface area contributed by atoms with E-state index in [9.17, 15) is 0 Å². The lowest BCUT2D eigenvalue weighted by Gasteiger charge is -1.96. The minimum Gasteiger partial charge on any atom is -0.327 e. The SMILES string of the molecule is NC/C=C/c1ccc(Cl)c(Br)c1. The fourth-order valence-corrected chi connectivity index (χ4v) is 1.33. The van der Waals surface area contributed by atoms with Gasteiger partial charge >= 0.3 is 0 Å². The quantitative estimate of drug-likeness (QED) is 0.853. The monoisotopic (exact) mass is 245 g/mol. The summed E-state index contributed by atoms with van der Waals surface area (Å²) in [6.45, 7) is 0.556. The summed E-state index contributed by atoms with van der Waals surface area (Å²) in [6.07, 6.45) is 3.86. The molecule has 0 unspecified atom stereocenters. The van der Waals surface area contributed by atoms with Crippen molar-refractivity contribution in [1.82, 2.24) is 0 Å². The van der Waals surface area contributed by atoms with E-state index in [0.29, 0.717) is 6.54 Å². The second kappa shape index (κ2) is 4.65. The van der Waals surface area contributed by atoms with E-state index >= 15 is 0 Å². The first kappa shape index (κ1) is 9.78. The van der Waals surface area contributed by atoms with Crippen LogP contribution in [0.15, 0.2) is 28.7 Å². The topological polar surface area (TPSA) is 26.0 Å². The maximum Gasteiger partial charge on any atom is 0.0548 e. The predicted octanol–water partition coefficient (Wildman–Crippen LogP) is 3.07. The molecule has 0 radical (unpaired) electrons. The molecule has 0 aliphatic carbocycles. The standard InChI is InChI=1S/C9H9BrClN/c10-8-6-7(2-1-5-12)3-4-9(8)11/h1-4,6H,5,12H2/b2-1+. The van der Waals surface area contributed by atoms with Crippen LogP contribution in [0.5, 0.6) is 0 Å². The molecule has 0 spiro atoms. The van der Waals surface area contributed by atoms with Crippen LogP contribution < -0.4 is 5.73 Å². The normalized spacial score (nSPS) is 10.9. The van der Waals surface area contributed by atoms with Gasteiger partial charge in [-0.2, -0.15) is 0 Å². The van der Waals surface area contributed by atoms with E-state index in [1.165, 1.54) is 0 Å². The van der Waals surface area contributed by atoms with Crippen LogP contribution >= 0.6 is 27.5 Å². The van der Waals surface area contributed by atoms with Crippen LogP contribution in [0.2, 0.25) is 5.02 Å². The van der Waals surface area contributed by atoms with E-state index in [-0.39, 0.29) is 0 Å². The molecule has 0 bridgehead atoms. The third-order valence-electron chi connectivity index (χ3n) is 1.39. The van der Waals surface area contributed by atoms with Crippen molar-refractivity contribution < 1.29 is 0 Å². The van der Waals surface area contributed by atoms with Crippen molar-refractivity contribution in [2.45, 2.75) is 0 Å². The fourth-order valence-electron chi connectivity index (χ4n) is 0.820. The van der Waals surface area contributed by atoms with Gasteiger partial charge in [0.1, 0.15) is 0 Å². The number of nitrogens with two attached hydrogens (primary N) is 1. The number of hydrogen-bond acceptors (Lipinski definition) is 1. The highest BCUT2D eigenvalue weighted by Gasteiger charge is 1.95. The summed E-state index contributed by atoms with van der Waals surface area (Å²) in [6, 6.07) is 5.75. The molecule has 0 amide bonds. The summed E-state index contributed by atoms with van der Waals surface area (Å²) in [5.41, 5.74) is 6.41. The summed E-state index contributed by atoms with van der Waals surface area (Å²) in [5.74, 6) is 0. The van der Waals surface area contributed by atoms with Crippen molar-refractivity contribution in [2.75, 3.05) is 6.54 Å². The van der Waals surface area contributed by atoms with Crippen molar-refractivity contribution in [3.05, 3.63) is 39.3 Å². The average Bonchev–Trinajstić information content (AvgIpc) is 2.07. The van der Waals surface area contributed by atoms with E-state index in [1.54, 1.807) is 0 Å². The Morgan fingerprint density at radius 2 is 2.25 bits per heavy atom. The van der Waals surface area contributed by atoms with Crippen LogP contribution in [-0.2, 0) is 0 Å². The summed E-state index contributed by atoms with van der Waals surface area (Å²) < 4.78 is 0.906. The molecule has 0 aromatic heterocycles. The molecule has 0 fully saturated rings. The highest BCUT2D eigenvalue weighted by atomic mass is 79.9. The average molecular weight is 247 g/mol. The van der Waals surface area contributed by atoms with Gasteiger partial charge in [0, 0.05) is 11.0 Å². The zero-order valence-electron chi connectivity index (χ0n) is 6.43. The molecule has 2 N–H and O–H groups in total. The number of benzene rings is 1. The Morgan fingerprint density at radius 3 is 2.83 bits per heavy atom. The summed E-state index contributed by atoms with van der Waals surface area (Å²) in [7, 11) is 0. The molecule has 1 aromatic rings. The second-order valence-electron chi connectivity index (χ2n) is 2.31. The van der Waals surface area contributed by atoms with E-state index in [0.717, 1.165) is 15.1 Å². The number of rotatable bonds is 2. The molecule has 0 heterocycles. The largest absolute Gasteiger partial charge is 0.327 e. The minimum absolute atomic E-state index is 0.556. The van der Waals surface area contributed by atoms with Crippen molar-refractivity contribution in [3.63, 3.8) is 0 Å². The summed E-state index contributed by atoms with van der Waals surface area (Å²) in [4.78, 5) is 0. The molecule has 1 aromatic carbocycles. The summed E-state index contributed by atoms with van der Waals surface area (Å²) in [5, 5.41) is 0.722. The first-order valence-electron chi connectivity index (χ1n) is 3.55. The van der Waals surface area contributed by atoms with Gasteiger partial charge in [-0.1, -0.05) is 29.8 Å². The van der Waals surface area contributed by atoms with Crippen LogP contribution in [0.3, 0.4) is 0 Å². The zero-order valence-corrected chi connectivity index (χ0v) is 8.77. The van der Waals surface area contributed by atoms with Crippen molar-refractivity contribution in [2.24, 2.45) is 5.73 Å². The first-order chi connectivity index (χ1) is 5.74. The van der Waals surface area contributed by atoms with Gasteiger partial charge in [0.05, 0.1) is 5.02 Å². The lowest BCUT2D eigenvalue weighted by molar-refractivity contribution is 1.26. The third kappa shape index (κ3) is 2.63. The molecule has 1 rings (SSSR count). The molecule has 0 atom stereocenters. The molecular formula is C9H9BrClN. The molecule has 0 saturated heterocycles. The van der Waals surface area contributed by atoms with Gasteiger partial charge < -0.3 is 5.73 Å². The maximum atomic E-state index is 5.82. The number of halogens is 2. The Hall–Kier alpha value is -0.310. The predicted molar refractivity (Wildman–Crippen MR) is 57.2 cm³/mol. The van der Waals surface area contributed by atoms with E-state index in [2.05, 4.69) is 15.9 Å². The van der Waals surface area contributed by atoms with Gasteiger partial charge in [-0.05, 0) is 33.6 Å². The lowest BCUT2D eigenvalue weighted by Crippen LogP contribution is -1.91. The molecule has 3 heteroatoms. The third-order valence-corrected chi connectivity index (χ3v) is 2.60. The Morgan fingerprint density at radius 1 is 1.50 bits per heavy atom. The van der Waals surface area contributed by atoms with Crippen molar-refractivity contribution in [1.29, 1.82) is 0 Å². The first-order valence-corrected chi connectivity index (χ1v) is 4.73. The van der Waals surface area contributed by atoms with Crippen LogP contribution in [0, 0.1) is 0 Å². The van der Waals surface area contributed by atoms with Crippen LogP contribution in [0.4, 0.5) is 0 Å². The molecule has 64 valence electrons. The molecule has 1 nitrogen and oxygen atoms in total. The Balaban J connectivity index is 2.89. The van der Waals surface area contributed by atoms with Crippen LogP contribution in [-0.4, -0.2) is 6.54 Å². The van der Waals surface area contributed by atoms with Crippen LogP contribution in [0.1, 0.15) is 5.56 Å². The van der Waals surface area contributed by atoms with E-state index in [1.807, 2.05) is 30.4 Å². The van der Waals surface area contributed by atoms with Gasteiger partial charge in [0.25, 0.3) is 0 Å². The highest BCUT2D eigenvalue weighted by molar-refractivity contribution is 9.10. The fraction of sp³-hybridized carbons (Fsp3) is 0.111. The maximum absolute atomic E-state index is 5.82. The van der Waals surface area contributed by atoms with E-state index in [4.69, 9.17) is 17.3 Å². The number of hydrogen-bond donors (Lipinski definition) is 1. The lowest BCUT2D eigenvalue weighted by atomic mass is 10.2. The molecule has 0 aliphatic heterocycles. The van der Waals surface area contributed by atoms with Gasteiger partial charge in [-0.15, -0.1) is 0 Å². The summed E-state index contributed by atoms with van der Waals surface area (Å²) >= 11 is 9.16. The second-order valence-corrected chi connectivity index (χ2v) is 3.57. The van der Waals surface area contributed by atoms with Gasteiger partial charge in [0.2, 0.25) is 0 Å². The Kier molecular flexibility index (Phi) is 3.79. The van der Waals surface area contributed by atoms with Crippen LogP contribution in [0.25, 0.3) is 6.08 Å². The highest BCUT2D eigenvalue weighted by Crippen LogP contribution is 2.23. The molecule has 0 aliphatic rings. The molecule has 12 heavy (non-hydrogen) atoms. The van der Waals surface area contributed by atoms with Crippen molar-refractivity contribution in [3.8, 4) is 0 Å². The minimum atomic E-state index is 0.556. The van der Waals surface area contributed by atoms with E-state index < -0.39 is 0 Å². The zero-order chi connectivity index (χ0) is 8.97. The molecule has 0 saturated carbocycles. The van der Waals surface area contributed by atoms with Crippen molar-refractivity contribution >= 4 is 33.6 Å². The Labute approximate surface area is 85.3 Å². The van der Waals surface area contributed by atoms with Gasteiger partial charge in [0.15, 0.2) is 0 Å². The van der Waals surface area contributed by atoms with Gasteiger partial charge in [-0.25, -0.2) is 0 Å². The van der Waals surface area contributed by atoms with Gasteiger partial charge in [-0.3, -0.25) is 0 Å².